The van der Waals surface area contributed by atoms with Gasteiger partial charge < -0.3 is 9.73 Å². The fourth-order valence-corrected chi connectivity index (χ4v) is 5.28. The summed E-state index contributed by atoms with van der Waals surface area (Å²) in [6.07, 6.45) is 3.52. The summed E-state index contributed by atoms with van der Waals surface area (Å²) in [5.74, 6) is 0.887. The Kier molecular flexibility index (Phi) is 5.86. The highest BCUT2D eigenvalue weighted by atomic mass is 32.1. The smallest absolute Gasteiger partial charge is 0.271 e. The Balaban J connectivity index is 1.67. The van der Waals surface area contributed by atoms with E-state index in [1.807, 2.05) is 74.0 Å². The van der Waals surface area contributed by atoms with Gasteiger partial charge in [-0.1, -0.05) is 29.5 Å². The summed E-state index contributed by atoms with van der Waals surface area (Å²) in [6, 6.07) is 12.3. The van der Waals surface area contributed by atoms with Gasteiger partial charge in [-0.25, -0.2) is 4.99 Å². The second-order valence-corrected chi connectivity index (χ2v) is 9.38. The number of nitrogens with one attached hydrogen (secondary N) is 1. The number of nitrogens with zero attached hydrogens (tertiary/aromatic N) is 4. The van der Waals surface area contributed by atoms with Gasteiger partial charge in [0.2, 0.25) is 0 Å². The van der Waals surface area contributed by atoms with E-state index >= 15 is 0 Å². The maximum atomic E-state index is 13.7. The minimum absolute atomic E-state index is 0.231. The van der Waals surface area contributed by atoms with Crippen molar-refractivity contribution in [2.45, 2.75) is 40.3 Å². The zero-order chi connectivity index (χ0) is 24.7. The van der Waals surface area contributed by atoms with E-state index in [9.17, 15) is 9.59 Å². The fourth-order valence-electron chi connectivity index (χ4n) is 4.25. The van der Waals surface area contributed by atoms with Gasteiger partial charge in [0.1, 0.15) is 17.6 Å². The van der Waals surface area contributed by atoms with Crippen LogP contribution in [0.25, 0.3) is 6.08 Å². The van der Waals surface area contributed by atoms with Gasteiger partial charge in [0.05, 0.1) is 21.5 Å². The lowest BCUT2D eigenvalue weighted by molar-refractivity contribution is -0.113. The molecule has 0 fully saturated rings. The lowest BCUT2D eigenvalue weighted by Gasteiger charge is -2.23. The number of amides is 1. The molecule has 1 atom stereocenters. The van der Waals surface area contributed by atoms with Crippen molar-refractivity contribution in [3.05, 3.63) is 102 Å². The lowest BCUT2D eigenvalue weighted by atomic mass is 10.00. The lowest BCUT2D eigenvalue weighted by Crippen LogP contribution is -2.40. The third-order valence-electron chi connectivity index (χ3n) is 6.02. The Morgan fingerprint density at radius 3 is 2.69 bits per heavy atom. The van der Waals surface area contributed by atoms with Crippen LogP contribution in [-0.2, 0) is 11.3 Å². The maximum Gasteiger partial charge on any atom is 0.271 e. The third kappa shape index (κ3) is 4.08. The molecule has 0 aliphatic carbocycles. The van der Waals surface area contributed by atoms with Gasteiger partial charge in [0, 0.05) is 18.4 Å². The minimum atomic E-state index is -0.734. The van der Waals surface area contributed by atoms with E-state index in [0.29, 0.717) is 44.4 Å². The molecule has 1 amide bonds. The normalized spacial score (nSPS) is 15.8. The number of rotatable bonds is 5. The van der Waals surface area contributed by atoms with Gasteiger partial charge in [0.15, 0.2) is 4.80 Å². The van der Waals surface area contributed by atoms with Crippen molar-refractivity contribution < 1.29 is 9.21 Å². The Morgan fingerprint density at radius 1 is 1.17 bits per heavy atom. The molecule has 3 aromatic heterocycles. The van der Waals surface area contributed by atoms with Crippen LogP contribution in [0.1, 0.15) is 42.7 Å². The molecule has 0 radical (unpaired) electrons. The standard InChI is InChI=1S/C26H25N5O3S/c1-5-30-18(12-13-27-30)14-21-25(33)31-23(20-11-10-16(3)34-20)22(17(4)28-26(31)35-21)24(32)29-19-9-7-6-8-15(19)2/h6-14,23H,5H2,1-4H3,(H,29,32)/b21-14+/t23-/m0/s1. The summed E-state index contributed by atoms with van der Waals surface area (Å²) in [4.78, 5) is 32.4. The summed E-state index contributed by atoms with van der Waals surface area (Å²) in [7, 11) is 0. The fraction of sp³-hybridized carbons (Fsp3) is 0.231. The molecule has 1 N–H and O–H groups in total. The van der Waals surface area contributed by atoms with Crippen molar-refractivity contribution >= 4 is 29.0 Å². The molecule has 4 heterocycles. The monoisotopic (exact) mass is 487 g/mol. The molecule has 0 saturated heterocycles. The van der Waals surface area contributed by atoms with Crippen LogP contribution in [0, 0.1) is 13.8 Å². The van der Waals surface area contributed by atoms with E-state index in [1.165, 1.54) is 11.3 Å². The van der Waals surface area contributed by atoms with Crippen molar-refractivity contribution in [1.82, 2.24) is 14.3 Å². The first-order chi connectivity index (χ1) is 16.9. The minimum Gasteiger partial charge on any atom is -0.464 e. The van der Waals surface area contributed by atoms with E-state index in [2.05, 4.69) is 15.4 Å². The number of carbonyl (C=O) groups is 1. The number of hydrogen-bond acceptors (Lipinski definition) is 6. The van der Waals surface area contributed by atoms with E-state index in [1.54, 1.807) is 17.7 Å². The summed E-state index contributed by atoms with van der Waals surface area (Å²) in [6.45, 7) is 8.24. The van der Waals surface area contributed by atoms with Gasteiger partial charge in [-0.15, -0.1) is 0 Å². The number of fused-ring (bicyclic) bond motifs is 1. The van der Waals surface area contributed by atoms with Crippen LogP contribution in [0.5, 0.6) is 0 Å². The number of aromatic nitrogens is 3. The van der Waals surface area contributed by atoms with Crippen molar-refractivity contribution in [2.75, 3.05) is 5.32 Å². The van der Waals surface area contributed by atoms with Crippen molar-refractivity contribution in [1.29, 1.82) is 0 Å². The number of carbonyl (C=O) groups excluding carboxylic acids is 1. The highest BCUT2D eigenvalue weighted by molar-refractivity contribution is 7.07. The molecule has 0 spiro atoms. The molecule has 5 rings (SSSR count). The Bertz CT molecular complexity index is 1650. The van der Waals surface area contributed by atoms with Crippen LogP contribution in [-0.4, -0.2) is 20.3 Å². The summed E-state index contributed by atoms with van der Waals surface area (Å²) >= 11 is 1.29. The number of allylic oxidation sites excluding steroid dienone is 1. The molecule has 35 heavy (non-hydrogen) atoms. The van der Waals surface area contributed by atoms with Gasteiger partial charge >= 0.3 is 0 Å². The maximum absolute atomic E-state index is 13.7. The predicted molar refractivity (Wildman–Crippen MR) is 135 cm³/mol. The van der Waals surface area contributed by atoms with E-state index in [4.69, 9.17) is 4.42 Å². The number of hydrogen-bond donors (Lipinski definition) is 1. The molecule has 8 nitrogen and oxygen atoms in total. The van der Waals surface area contributed by atoms with Gasteiger partial charge in [-0.3, -0.25) is 18.8 Å². The molecule has 0 unspecified atom stereocenters. The second kappa shape index (κ2) is 8.99. The molecule has 9 heteroatoms. The van der Waals surface area contributed by atoms with Gasteiger partial charge in [0.25, 0.3) is 11.5 Å². The number of para-hydroxylation sites is 1. The Hall–Kier alpha value is -3.98. The molecule has 0 saturated carbocycles. The first-order valence-corrected chi connectivity index (χ1v) is 12.2. The highest BCUT2D eigenvalue weighted by Gasteiger charge is 2.34. The van der Waals surface area contributed by atoms with Crippen LogP contribution in [0.3, 0.4) is 0 Å². The molecule has 0 bridgehead atoms. The zero-order valence-corrected chi connectivity index (χ0v) is 20.7. The van der Waals surface area contributed by atoms with E-state index in [0.717, 1.165) is 11.3 Å². The SMILES string of the molecule is CCn1nccc1/C=c1/sc2n(c1=O)[C@@H](c1ccc(C)o1)C(C(=O)Nc1ccccc1C)=C(C)N=2. The Labute approximate surface area is 205 Å². The van der Waals surface area contributed by atoms with E-state index in [-0.39, 0.29) is 11.5 Å². The summed E-state index contributed by atoms with van der Waals surface area (Å²) < 4.78 is 9.84. The number of anilines is 1. The Morgan fingerprint density at radius 2 is 1.97 bits per heavy atom. The van der Waals surface area contributed by atoms with Crippen LogP contribution in [0.2, 0.25) is 0 Å². The first-order valence-electron chi connectivity index (χ1n) is 11.3. The molecule has 1 aromatic carbocycles. The molecule has 178 valence electrons. The van der Waals surface area contributed by atoms with Crippen LogP contribution in [0.15, 0.2) is 74.1 Å². The average molecular weight is 488 g/mol. The summed E-state index contributed by atoms with van der Waals surface area (Å²) in [5, 5.41) is 7.28. The van der Waals surface area contributed by atoms with Crippen LogP contribution in [0.4, 0.5) is 5.69 Å². The average Bonchev–Trinajstić information content (AvgIpc) is 3.54. The number of thiazole rings is 1. The predicted octanol–water partition coefficient (Wildman–Crippen LogP) is 3.30. The summed E-state index contributed by atoms with van der Waals surface area (Å²) in [5.41, 5.74) is 3.16. The van der Waals surface area contributed by atoms with Gasteiger partial charge in [-0.05, 0) is 63.6 Å². The van der Waals surface area contributed by atoms with Crippen LogP contribution >= 0.6 is 11.3 Å². The molecular weight excluding hydrogens is 462 g/mol. The van der Waals surface area contributed by atoms with Crippen LogP contribution < -0.4 is 20.2 Å². The van der Waals surface area contributed by atoms with E-state index < -0.39 is 6.04 Å². The molecular formula is C26H25N5O3S. The molecule has 1 aliphatic rings. The second-order valence-electron chi connectivity index (χ2n) is 8.37. The zero-order valence-electron chi connectivity index (χ0n) is 19.9. The topological polar surface area (TPSA) is 94.4 Å². The van der Waals surface area contributed by atoms with Gasteiger partial charge in [-0.2, -0.15) is 5.10 Å². The first kappa shape index (κ1) is 22.8. The number of benzene rings is 1. The largest absolute Gasteiger partial charge is 0.464 e. The van der Waals surface area contributed by atoms with Crippen molar-refractivity contribution in [3.8, 4) is 0 Å². The molecule has 1 aliphatic heterocycles. The van der Waals surface area contributed by atoms with Crippen molar-refractivity contribution in [3.63, 3.8) is 0 Å². The number of furan rings is 1. The number of aryl methyl sites for hydroxylation is 3. The van der Waals surface area contributed by atoms with Crippen molar-refractivity contribution in [2.24, 2.45) is 4.99 Å². The third-order valence-corrected chi connectivity index (χ3v) is 7.00. The quantitative estimate of drug-likeness (QED) is 0.467. The highest BCUT2D eigenvalue weighted by Crippen LogP contribution is 2.32. The molecule has 4 aromatic rings.